The Morgan fingerprint density at radius 1 is 1.06 bits per heavy atom. The number of nitro groups is 1. The number of Topliss-reactive ketones (excluding diaryl/α,β-unsaturated/α-hetero) is 1. The highest BCUT2D eigenvalue weighted by Crippen LogP contribution is 2.45. The lowest BCUT2D eigenvalue weighted by molar-refractivity contribution is -0.384. The summed E-state index contributed by atoms with van der Waals surface area (Å²) in [6, 6.07) is 15.9. The van der Waals surface area contributed by atoms with Gasteiger partial charge in [-0.05, 0) is 17.5 Å². The summed E-state index contributed by atoms with van der Waals surface area (Å²) in [7, 11) is 0. The van der Waals surface area contributed by atoms with Crippen molar-refractivity contribution in [3.05, 3.63) is 104 Å². The highest BCUT2D eigenvalue weighted by Gasteiger charge is 2.42. The number of ketones is 1. The van der Waals surface area contributed by atoms with Crippen LogP contribution in [0.1, 0.15) is 35.4 Å². The van der Waals surface area contributed by atoms with Crippen molar-refractivity contribution >= 4 is 29.1 Å². The van der Waals surface area contributed by atoms with Crippen LogP contribution in [0.4, 0.5) is 11.5 Å². The third-order valence-corrected chi connectivity index (χ3v) is 6.90. The molecule has 1 aromatic heterocycles. The molecule has 0 saturated heterocycles. The van der Waals surface area contributed by atoms with E-state index in [4.69, 9.17) is 0 Å². The van der Waals surface area contributed by atoms with Gasteiger partial charge in [-0.25, -0.2) is 4.98 Å². The molecule has 9 heteroatoms. The summed E-state index contributed by atoms with van der Waals surface area (Å²) >= 11 is 1.42. The average molecular weight is 461 g/mol. The number of hydrogen-bond donors (Lipinski definition) is 2. The van der Waals surface area contributed by atoms with Crippen LogP contribution in [-0.2, 0) is 10.5 Å². The predicted molar refractivity (Wildman–Crippen MR) is 125 cm³/mol. The largest absolute Gasteiger partial charge is 0.343 e. The molecule has 2 N–H and O–H groups in total. The smallest absolute Gasteiger partial charge is 0.269 e. The summed E-state index contributed by atoms with van der Waals surface area (Å²) < 4.78 is 0. The van der Waals surface area contributed by atoms with Crippen molar-refractivity contribution in [1.29, 1.82) is 0 Å². The van der Waals surface area contributed by atoms with E-state index in [-0.39, 0.29) is 17.0 Å². The Hall–Kier alpha value is -3.72. The van der Waals surface area contributed by atoms with Crippen LogP contribution in [0.15, 0.2) is 76.3 Å². The molecule has 8 nitrogen and oxygen atoms in total. The molecule has 2 atom stereocenters. The van der Waals surface area contributed by atoms with E-state index in [1.54, 1.807) is 12.1 Å². The van der Waals surface area contributed by atoms with Crippen molar-refractivity contribution < 1.29 is 9.72 Å². The van der Waals surface area contributed by atoms with Gasteiger partial charge >= 0.3 is 0 Å². The number of anilines is 1. The number of fused-ring (bicyclic) bond motifs is 2. The lowest BCUT2D eigenvalue weighted by Crippen LogP contribution is -2.38. The Kier molecular flexibility index (Phi) is 5.55. The molecule has 0 fully saturated rings. The van der Waals surface area contributed by atoms with Gasteiger partial charge in [0.25, 0.3) is 11.2 Å². The van der Waals surface area contributed by atoms with Crippen molar-refractivity contribution in [1.82, 2.24) is 9.97 Å². The first-order chi connectivity index (χ1) is 16.0. The molecule has 0 amide bonds. The van der Waals surface area contributed by atoms with Crippen LogP contribution in [0.5, 0.6) is 0 Å². The molecule has 1 aliphatic carbocycles. The van der Waals surface area contributed by atoms with Gasteiger partial charge in [-0.3, -0.25) is 19.7 Å². The number of nitrogens with one attached hydrogen (secondary N) is 2. The van der Waals surface area contributed by atoms with E-state index in [1.165, 1.54) is 23.9 Å². The minimum absolute atomic E-state index is 0.0379. The van der Waals surface area contributed by atoms with Crippen LogP contribution >= 0.6 is 11.8 Å². The number of carbonyl (C=O) groups is 1. The summed E-state index contributed by atoms with van der Waals surface area (Å²) in [4.78, 5) is 44.3. The monoisotopic (exact) mass is 460 g/mol. The van der Waals surface area contributed by atoms with Gasteiger partial charge in [0.2, 0.25) is 0 Å². The van der Waals surface area contributed by atoms with Gasteiger partial charge in [-0.1, -0.05) is 60.3 Å². The molecule has 2 aromatic carbocycles. The Morgan fingerprint density at radius 2 is 1.82 bits per heavy atom. The number of H-pyrrole nitrogens is 1. The van der Waals surface area contributed by atoms with Gasteiger partial charge in [0, 0.05) is 35.9 Å². The van der Waals surface area contributed by atoms with Crippen molar-refractivity contribution in [3.8, 4) is 0 Å². The molecule has 166 valence electrons. The number of thioether (sulfide) groups is 1. The maximum atomic E-state index is 13.2. The van der Waals surface area contributed by atoms with Gasteiger partial charge in [-0.15, -0.1) is 0 Å². The molecule has 1 aliphatic heterocycles. The number of nitro benzene ring substituents is 1. The fourth-order valence-corrected chi connectivity index (χ4v) is 5.24. The summed E-state index contributed by atoms with van der Waals surface area (Å²) in [5, 5.41) is 14.8. The summed E-state index contributed by atoms with van der Waals surface area (Å²) in [6.07, 6.45) is 3.00. The number of allylic oxidation sites excluding steroid dienone is 2. The number of carbonyl (C=O) groups excluding carboxylic acids is 1. The Bertz CT molecular complexity index is 1320. The number of aromatic amines is 1. The van der Waals surface area contributed by atoms with Crippen LogP contribution in [0.2, 0.25) is 0 Å². The van der Waals surface area contributed by atoms with Gasteiger partial charge < -0.3 is 10.3 Å². The van der Waals surface area contributed by atoms with E-state index in [2.05, 4.69) is 15.3 Å². The van der Waals surface area contributed by atoms with Crippen LogP contribution in [0.25, 0.3) is 0 Å². The molecule has 0 spiro atoms. The first kappa shape index (κ1) is 21.1. The van der Waals surface area contributed by atoms with E-state index in [9.17, 15) is 19.7 Å². The topological polar surface area (TPSA) is 118 Å². The highest BCUT2D eigenvalue weighted by atomic mass is 32.2. The van der Waals surface area contributed by atoms with Crippen LogP contribution < -0.4 is 10.9 Å². The average Bonchev–Trinajstić information content (AvgIpc) is 2.82. The Morgan fingerprint density at radius 3 is 2.55 bits per heavy atom. The van der Waals surface area contributed by atoms with Crippen LogP contribution in [-0.4, -0.2) is 20.7 Å². The standard InChI is InChI=1S/C24H20N4O4S/c29-18-8-4-7-17-20(18)19(15-9-11-16(12-10-15)28(31)32)21-22(25-17)26-24(27-23(21)30)33-13-14-5-2-1-3-6-14/h1-3,5-7,9-12,19-20H,4,8,13H2,(H2,25,26,27,30)/t19-,20-/m1/s1. The summed E-state index contributed by atoms with van der Waals surface area (Å²) in [6.45, 7) is 0. The maximum Gasteiger partial charge on any atom is 0.269 e. The van der Waals surface area contributed by atoms with E-state index in [1.807, 2.05) is 36.4 Å². The van der Waals surface area contributed by atoms with Crippen molar-refractivity contribution in [3.63, 3.8) is 0 Å². The third-order valence-electron chi connectivity index (χ3n) is 5.96. The van der Waals surface area contributed by atoms with Gasteiger partial charge in [-0.2, -0.15) is 0 Å². The Balaban J connectivity index is 1.56. The highest BCUT2D eigenvalue weighted by molar-refractivity contribution is 7.98. The number of aromatic nitrogens is 2. The normalized spacial score (nSPS) is 19.2. The summed E-state index contributed by atoms with van der Waals surface area (Å²) in [5.41, 5.74) is 2.54. The SMILES string of the molecule is O=C1CCC=C2Nc3nc(SCc4ccccc4)[nH]c(=O)c3[C@H](c3ccc([N+](=O)[O-])cc3)[C@@H]12. The third kappa shape index (κ3) is 4.07. The van der Waals surface area contributed by atoms with Crippen LogP contribution in [0, 0.1) is 16.0 Å². The second-order valence-corrected chi connectivity index (χ2v) is 8.97. The minimum Gasteiger partial charge on any atom is -0.343 e. The molecular formula is C24H20N4O4S. The molecule has 3 aromatic rings. The van der Waals surface area contributed by atoms with Crippen molar-refractivity contribution in [2.24, 2.45) is 5.92 Å². The summed E-state index contributed by atoms with van der Waals surface area (Å²) in [5.74, 6) is 0.00720. The molecule has 0 radical (unpaired) electrons. The Labute approximate surface area is 193 Å². The number of nitrogens with zero attached hydrogens (tertiary/aromatic N) is 2. The number of hydrogen-bond acceptors (Lipinski definition) is 7. The number of non-ortho nitro benzene ring substituents is 1. The van der Waals surface area contributed by atoms with E-state index in [0.29, 0.717) is 40.7 Å². The second kappa shape index (κ2) is 8.67. The zero-order chi connectivity index (χ0) is 22.9. The molecule has 2 aliphatic rings. The van der Waals surface area contributed by atoms with E-state index in [0.717, 1.165) is 11.3 Å². The quantitative estimate of drug-likeness (QED) is 0.251. The van der Waals surface area contributed by atoms with Gasteiger partial charge in [0.05, 0.1) is 16.4 Å². The van der Waals surface area contributed by atoms with E-state index < -0.39 is 16.8 Å². The maximum absolute atomic E-state index is 13.2. The van der Waals surface area contributed by atoms with Crippen LogP contribution in [0.3, 0.4) is 0 Å². The van der Waals surface area contributed by atoms with Crippen molar-refractivity contribution in [2.45, 2.75) is 29.7 Å². The first-order valence-corrected chi connectivity index (χ1v) is 11.5. The van der Waals surface area contributed by atoms with Gasteiger partial charge in [0.15, 0.2) is 5.16 Å². The molecule has 0 saturated carbocycles. The minimum atomic E-state index is -0.564. The predicted octanol–water partition coefficient (Wildman–Crippen LogP) is 4.39. The lowest BCUT2D eigenvalue weighted by atomic mass is 9.72. The molecule has 0 unspecified atom stereocenters. The zero-order valence-electron chi connectivity index (χ0n) is 17.5. The number of rotatable bonds is 5. The first-order valence-electron chi connectivity index (χ1n) is 10.6. The fourth-order valence-electron chi connectivity index (χ4n) is 4.43. The van der Waals surface area contributed by atoms with Crippen molar-refractivity contribution in [2.75, 3.05) is 5.32 Å². The van der Waals surface area contributed by atoms with E-state index >= 15 is 0 Å². The molecule has 2 heterocycles. The lowest BCUT2D eigenvalue weighted by Gasteiger charge is -2.36. The molecule has 33 heavy (non-hydrogen) atoms. The number of benzene rings is 2. The fraction of sp³-hybridized carbons (Fsp3) is 0.208. The molecule has 0 bridgehead atoms. The molecule has 5 rings (SSSR count). The molecular weight excluding hydrogens is 440 g/mol. The second-order valence-electron chi connectivity index (χ2n) is 8.00. The zero-order valence-corrected chi connectivity index (χ0v) is 18.3. The van der Waals surface area contributed by atoms with Gasteiger partial charge in [0.1, 0.15) is 11.6 Å².